The second-order valence-electron chi connectivity index (χ2n) is 6.26. The van der Waals surface area contributed by atoms with Crippen molar-refractivity contribution in [3.05, 3.63) is 18.0 Å². The summed E-state index contributed by atoms with van der Waals surface area (Å²) >= 11 is 0. The van der Waals surface area contributed by atoms with Crippen molar-refractivity contribution >= 4 is 0 Å². The highest BCUT2D eigenvalue weighted by Crippen LogP contribution is 2.37. The molecule has 3 rings (SSSR count). The minimum absolute atomic E-state index is 0.0872. The summed E-state index contributed by atoms with van der Waals surface area (Å²) in [5.41, 5.74) is 1.40. The fourth-order valence-corrected chi connectivity index (χ4v) is 3.53. The lowest BCUT2D eigenvalue weighted by Gasteiger charge is -2.38. The Bertz CT molecular complexity index is 452. The zero-order valence-electron chi connectivity index (χ0n) is 13.3. The Morgan fingerprint density at radius 1 is 1.38 bits per heavy atom. The monoisotopic (exact) mass is 293 g/mol. The maximum Gasteiger partial charge on any atom is 0.0836 e. The van der Waals surface area contributed by atoms with Gasteiger partial charge in [0.25, 0.3) is 0 Å². The van der Waals surface area contributed by atoms with Gasteiger partial charge in [0.15, 0.2) is 0 Å². The van der Waals surface area contributed by atoms with Gasteiger partial charge < -0.3 is 9.47 Å². The SMILES string of the molecule is CCOC1COC2(CCN(Cc3cnn(CC)c3)CC2)C1. The van der Waals surface area contributed by atoms with Crippen LogP contribution in [-0.2, 0) is 22.6 Å². The molecule has 1 aromatic heterocycles. The smallest absolute Gasteiger partial charge is 0.0836 e. The van der Waals surface area contributed by atoms with Crippen molar-refractivity contribution in [3.8, 4) is 0 Å². The summed E-state index contributed by atoms with van der Waals surface area (Å²) < 4.78 is 13.8. The molecule has 0 saturated carbocycles. The van der Waals surface area contributed by atoms with Gasteiger partial charge in [-0.15, -0.1) is 0 Å². The topological polar surface area (TPSA) is 39.5 Å². The van der Waals surface area contributed by atoms with Crippen LogP contribution >= 0.6 is 0 Å². The molecule has 2 aliphatic heterocycles. The number of likely N-dealkylation sites (tertiary alicyclic amines) is 1. The molecule has 2 fully saturated rings. The van der Waals surface area contributed by atoms with Gasteiger partial charge in [-0.05, 0) is 26.7 Å². The van der Waals surface area contributed by atoms with Crippen molar-refractivity contribution in [1.82, 2.24) is 14.7 Å². The zero-order chi connectivity index (χ0) is 14.7. The van der Waals surface area contributed by atoms with Gasteiger partial charge in [-0.25, -0.2) is 0 Å². The number of aryl methyl sites for hydroxylation is 1. The van der Waals surface area contributed by atoms with E-state index in [1.807, 2.05) is 10.9 Å². The Morgan fingerprint density at radius 3 is 2.86 bits per heavy atom. The average molecular weight is 293 g/mol. The molecule has 5 nitrogen and oxygen atoms in total. The number of hydrogen-bond acceptors (Lipinski definition) is 4. The quantitative estimate of drug-likeness (QED) is 0.833. The van der Waals surface area contributed by atoms with E-state index in [-0.39, 0.29) is 5.60 Å². The van der Waals surface area contributed by atoms with Gasteiger partial charge >= 0.3 is 0 Å². The van der Waals surface area contributed by atoms with E-state index in [4.69, 9.17) is 9.47 Å². The summed E-state index contributed by atoms with van der Waals surface area (Å²) in [7, 11) is 0. The van der Waals surface area contributed by atoms with E-state index in [0.717, 1.165) is 58.7 Å². The minimum atomic E-state index is 0.0872. The second-order valence-corrected chi connectivity index (χ2v) is 6.26. The number of ether oxygens (including phenoxy) is 2. The minimum Gasteiger partial charge on any atom is -0.376 e. The van der Waals surface area contributed by atoms with E-state index in [2.05, 4.69) is 30.0 Å². The van der Waals surface area contributed by atoms with Crippen LogP contribution in [-0.4, -0.2) is 52.7 Å². The molecule has 0 bridgehead atoms. The largest absolute Gasteiger partial charge is 0.376 e. The first-order valence-electron chi connectivity index (χ1n) is 8.22. The lowest BCUT2D eigenvalue weighted by Crippen LogP contribution is -2.43. The predicted octanol–water partition coefficient (Wildman–Crippen LogP) is 2.06. The molecule has 1 aromatic rings. The number of rotatable bonds is 5. The summed E-state index contributed by atoms with van der Waals surface area (Å²) in [6, 6.07) is 0. The summed E-state index contributed by atoms with van der Waals surface area (Å²) in [6.45, 7) is 9.90. The first-order valence-corrected chi connectivity index (χ1v) is 8.22. The molecule has 1 atom stereocenters. The van der Waals surface area contributed by atoms with Crippen molar-refractivity contribution in [3.63, 3.8) is 0 Å². The highest BCUT2D eigenvalue weighted by atomic mass is 16.6. The van der Waals surface area contributed by atoms with Crippen molar-refractivity contribution in [2.24, 2.45) is 0 Å². The summed E-state index contributed by atoms with van der Waals surface area (Å²) in [6.07, 6.45) is 7.77. The first-order chi connectivity index (χ1) is 10.2. The molecule has 2 saturated heterocycles. The standard InChI is InChI=1S/C16H27N3O2/c1-3-19-12-14(10-17-19)11-18-7-5-16(6-8-18)9-15(13-21-16)20-4-2/h10,12,15H,3-9,11,13H2,1-2H3. The molecule has 0 radical (unpaired) electrons. The van der Waals surface area contributed by atoms with E-state index in [1.165, 1.54) is 5.56 Å². The third-order valence-electron chi connectivity index (χ3n) is 4.76. The summed E-state index contributed by atoms with van der Waals surface area (Å²) in [5, 5.41) is 4.35. The predicted molar refractivity (Wildman–Crippen MR) is 81.1 cm³/mol. The third kappa shape index (κ3) is 3.47. The van der Waals surface area contributed by atoms with Crippen molar-refractivity contribution in [2.45, 2.75) is 57.9 Å². The molecule has 0 aliphatic carbocycles. The summed E-state index contributed by atoms with van der Waals surface area (Å²) in [4.78, 5) is 2.51. The third-order valence-corrected chi connectivity index (χ3v) is 4.76. The fraction of sp³-hybridized carbons (Fsp3) is 0.812. The molecule has 0 N–H and O–H groups in total. The van der Waals surface area contributed by atoms with Crippen LogP contribution in [0.25, 0.3) is 0 Å². The first kappa shape index (κ1) is 15.0. The Balaban J connectivity index is 1.49. The average Bonchev–Trinajstić information content (AvgIpc) is 3.10. The van der Waals surface area contributed by atoms with Gasteiger partial charge in [-0.3, -0.25) is 9.58 Å². The summed E-state index contributed by atoms with van der Waals surface area (Å²) in [5.74, 6) is 0. The van der Waals surface area contributed by atoms with E-state index >= 15 is 0 Å². The van der Waals surface area contributed by atoms with Gasteiger partial charge in [-0.1, -0.05) is 0 Å². The molecule has 5 heteroatoms. The number of hydrogen-bond donors (Lipinski definition) is 0. The Morgan fingerprint density at radius 2 is 2.19 bits per heavy atom. The van der Waals surface area contributed by atoms with E-state index in [1.54, 1.807) is 0 Å². The van der Waals surface area contributed by atoms with Gasteiger partial charge in [0.05, 0.1) is 24.5 Å². The van der Waals surface area contributed by atoms with Crippen molar-refractivity contribution < 1.29 is 9.47 Å². The van der Waals surface area contributed by atoms with Gasteiger partial charge in [0.1, 0.15) is 0 Å². The van der Waals surface area contributed by atoms with Crippen LogP contribution in [0.15, 0.2) is 12.4 Å². The number of nitrogens with zero attached hydrogens (tertiary/aromatic N) is 3. The van der Waals surface area contributed by atoms with Crippen LogP contribution in [0.5, 0.6) is 0 Å². The normalized spacial score (nSPS) is 25.7. The highest BCUT2D eigenvalue weighted by Gasteiger charge is 2.42. The van der Waals surface area contributed by atoms with Gasteiger partial charge in [0.2, 0.25) is 0 Å². The molecule has 1 spiro atoms. The molecule has 2 aliphatic rings. The molecule has 118 valence electrons. The fourth-order valence-electron chi connectivity index (χ4n) is 3.53. The van der Waals surface area contributed by atoms with E-state index in [0.29, 0.717) is 6.10 Å². The Hall–Kier alpha value is -0.910. The van der Waals surface area contributed by atoms with Crippen molar-refractivity contribution in [1.29, 1.82) is 0 Å². The van der Waals surface area contributed by atoms with Crippen LogP contribution in [0.1, 0.15) is 38.7 Å². The molecular weight excluding hydrogens is 266 g/mol. The van der Waals surface area contributed by atoms with Crippen LogP contribution < -0.4 is 0 Å². The lowest BCUT2D eigenvalue weighted by molar-refractivity contribution is -0.0464. The van der Waals surface area contributed by atoms with Crippen LogP contribution in [0.2, 0.25) is 0 Å². The zero-order valence-corrected chi connectivity index (χ0v) is 13.3. The molecule has 0 amide bonds. The van der Waals surface area contributed by atoms with E-state index in [9.17, 15) is 0 Å². The van der Waals surface area contributed by atoms with Gasteiger partial charge in [-0.2, -0.15) is 5.10 Å². The Labute approximate surface area is 127 Å². The highest BCUT2D eigenvalue weighted by molar-refractivity contribution is 5.04. The maximum absolute atomic E-state index is 6.10. The van der Waals surface area contributed by atoms with Crippen LogP contribution in [0.4, 0.5) is 0 Å². The molecule has 21 heavy (non-hydrogen) atoms. The van der Waals surface area contributed by atoms with Crippen LogP contribution in [0.3, 0.4) is 0 Å². The van der Waals surface area contributed by atoms with Gasteiger partial charge in [0, 0.05) is 51.0 Å². The van der Waals surface area contributed by atoms with Crippen molar-refractivity contribution in [2.75, 3.05) is 26.3 Å². The molecule has 3 heterocycles. The maximum atomic E-state index is 6.10. The number of aromatic nitrogens is 2. The van der Waals surface area contributed by atoms with Crippen LogP contribution in [0, 0.1) is 0 Å². The van der Waals surface area contributed by atoms with E-state index < -0.39 is 0 Å². The molecule has 1 unspecified atom stereocenters. The number of piperidine rings is 1. The Kier molecular flexibility index (Phi) is 4.62. The lowest BCUT2D eigenvalue weighted by atomic mass is 9.88. The molecule has 0 aromatic carbocycles. The second kappa shape index (κ2) is 6.46. The molecular formula is C16H27N3O2.